The van der Waals surface area contributed by atoms with E-state index >= 15 is 0 Å². The summed E-state index contributed by atoms with van der Waals surface area (Å²) in [6.07, 6.45) is 1.49. The first-order valence-electron chi connectivity index (χ1n) is 2.85. The Morgan fingerprint density at radius 3 is 3.09 bits per heavy atom. The zero-order chi connectivity index (χ0) is 8.27. The van der Waals surface area contributed by atoms with Crippen molar-refractivity contribution in [2.24, 2.45) is 0 Å². The van der Waals surface area contributed by atoms with E-state index in [1.165, 1.54) is 11.0 Å². The molecule has 0 saturated heterocycles. The molecule has 1 aromatic rings. The number of allylic oxidation sites excluding steroid dienone is 1. The molecule has 5 heteroatoms. The average Bonchev–Trinajstić information content (AvgIpc) is 2.34. The summed E-state index contributed by atoms with van der Waals surface area (Å²) in [6.45, 7) is 4.17. The molecule has 0 bridgehead atoms. The molecule has 0 aliphatic rings. The Kier molecular flexibility index (Phi) is 2.39. The van der Waals surface area contributed by atoms with Gasteiger partial charge >= 0.3 is 0 Å². The lowest BCUT2D eigenvalue weighted by atomic mass is 10.6. The van der Waals surface area contributed by atoms with E-state index in [1.807, 2.05) is 6.07 Å². The van der Waals surface area contributed by atoms with E-state index in [2.05, 4.69) is 32.6 Å². The highest BCUT2D eigenvalue weighted by atomic mass is 79.9. The minimum atomic E-state index is 0.179. The number of rotatable bonds is 2. The van der Waals surface area contributed by atoms with Gasteiger partial charge in [-0.15, -0.1) is 5.10 Å². The molecule has 0 amide bonds. The average molecular weight is 213 g/mol. The lowest BCUT2D eigenvalue weighted by Crippen LogP contribution is -1.97. The zero-order valence-electron chi connectivity index (χ0n) is 5.66. The quantitative estimate of drug-likeness (QED) is 0.737. The molecular weight excluding hydrogens is 208 g/mol. The first-order chi connectivity index (χ1) is 5.22. The van der Waals surface area contributed by atoms with Gasteiger partial charge in [0.05, 0.1) is 6.54 Å². The van der Waals surface area contributed by atoms with E-state index in [9.17, 15) is 0 Å². The van der Waals surface area contributed by atoms with Crippen molar-refractivity contribution in [3.8, 4) is 6.07 Å². The van der Waals surface area contributed by atoms with E-state index in [1.54, 1.807) is 0 Å². The Hall–Kier alpha value is -1.15. The Labute approximate surface area is 72.3 Å². The summed E-state index contributed by atoms with van der Waals surface area (Å²) in [5.74, 6) is 0.179. The van der Waals surface area contributed by atoms with Gasteiger partial charge in [-0.25, -0.2) is 9.67 Å². The summed E-state index contributed by atoms with van der Waals surface area (Å²) in [5.41, 5.74) is 0. The molecule has 0 aliphatic heterocycles. The largest absolute Gasteiger partial charge is 0.252 e. The molecule has 0 unspecified atom stereocenters. The highest BCUT2D eigenvalue weighted by Crippen LogP contribution is 2.02. The van der Waals surface area contributed by atoms with Crippen molar-refractivity contribution in [3.63, 3.8) is 0 Å². The SMILES string of the molecule is C=C(Br)Cn1cnc(C#N)n1. The number of aromatic nitrogens is 3. The number of halogens is 1. The molecule has 1 aromatic heterocycles. The second-order valence-corrected chi connectivity index (χ2v) is 3.02. The molecular formula is C6H5BrN4. The van der Waals surface area contributed by atoms with Gasteiger partial charge in [-0.3, -0.25) is 0 Å². The van der Waals surface area contributed by atoms with Crippen molar-refractivity contribution in [1.29, 1.82) is 5.26 Å². The minimum absolute atomic E-state index is 0.179. The summed E-state index contributed by atoms with van der Waals surface area (Å²) < 4.78 is 2.34. The molecule has 0 radical (unpaired) electrons. The van der Waals surface area contributed by atoms with Crippen LogP contribution in [0.25, 0.3) is 0 Å². The van der Waals surface area contributed by atoms with Crippen molar-refractivity contribution in [3.05, 3.63) is 23.2 Å². The van der Waals surface area contributed by atoms with Gasteiger partial charge in [-0.05, 0) is 0 Å². The maximum absolute atomic E-state index is 8.36. The van der Waals surface area contributed by atoms with E-state index in [-0.39, 0.29) is 5.82 Å². The Morgan fingerprint density at radius 1 is 1.91 bits per heavy atom. The van der Waals surface area contributed by atoms with Crippen LogP contribution in [0.5, 0.6) is 0 Å². The fourth-order valence-electron chi connectivity index (χ4n) is 0.598. The number of nitrogens with zero attached hydrogens (tertiary/aromatic N) is 4. The van der Waals surface area contributed by atoms with Crippen LogP contribution in [-0.4, -0.2) is 14.8 Å². The van der Waals surface area contributed by atoms with Gasteiger partial charge in [0.15, 0.2) is 0 Å². The fourth-order valence-corrected chi connectivity index (χ4v) is 0.855. The van der Waals surface area contributed by atoms with Crippen LogP contribution in [0.2, 0.25) is 0 Å². The molecule has 0 fully saturated rings. The van der Waals surface area contributed by atoms with Gasteiger partial charge in [-0.1, -0.05) is 22.5 Å². The standard InChI is InChI=1S/C6H5BrN4/c1-5(7)3-11-4-9-6(2-8)10-11/h4H,1,3H2. The molecule has 11 heavy (non-hydrogen) atoms. The van der Waals surface area contributed by atoms with Crippen LogP contribution in [-0.2, 0) is 6.54 Å². The molecule has 0 saturated carbocycles. The topological polar surface area (TPSA) is 54.5 Å². The third-order valence-corrected chi connectivity index (χ3v) is 1.22. The molecule has 4 nitrogen and oxygen atoms in total. The van der Waals surface area contributed by atoms with Crippen LogP contribution in [0.3, 0.4) is 0 Å². The van der Waals surface area contributed by atoms with Crippen molar-refractivity contribution in [2.75, 3.05) is 0 Å². The van der Waals surface area contributed by atoms with Crippen LogP contribution in [0.15, 0.2) is 17.4 Å². The van der Waals surface area contributed by atoms with Gasteiger partial charge < -0.3 is 0 Å². The third-order valence-electron chi connectivity index (χ3n) is 0.970. The van der Waals surface area contributed by atoms with Crippen molar-refractivity contribution in [2.45, 2.75) is 6.54 Å². The first kappa shape index (κ1) is 7.95. The van der Waals surface area contributed by atoms with Gasteiger partial charge in [0.2, 0.25) is 0 Å². The van der Waals surface area contributed by atoms with Crippen molar-refractivity contribution < 1.29 is 0 Å². The molecule has 56 valence electrons. The molecule has 0 aliphatic carbocycles. The summed E-state index contributed by atoms with van der Waals surface area (Å²) >= 11 is 3.18. The van der Waals surface area contributed by atoms with E-state index in [4.69, 9.17) is 5.26 Å². The first-order valence-corrected chi connectivity index (χ1v) is 3.64. The Balaban J connectivity index is 2.75. The normalized spacial score (nSPS) is 9.09. The smallest absolute Gasteiger partial charge is 0.247 e. The summed E-state index contributed by atoms with van der Waals surface area (Å²) in [5, 5.41) is 12.2. The second-order valence-electron chi connectivity index (χ2n) is 1.89. The number of nitriles is 1. The molecule has 1 heterocycles. The van der Waals surface area contributed by atoms with Crippen LogP contribution in [0.1, 0.15) is 5.82 Å². The van der Waals surface area contributed by atoms with Gasteiger partial charge in [0.1, 0.15) is 12.4 Å². The maximum Gasteiger partial charge on any atom is 0.252 e. The summed E-state index contributed by atoms with van der Waals surface area (Å²) in [4.78, 5) is 3.72. The summed E-state index contributed by atoms with van der Waals surface area (Å²) in [6, 6.07) is 1.83. The lowest BCUT2D eigenvalue weighted by Gasteiger charge is -1.94. The molecule has 0 spiro atoms. The highest BCUT2D eigenvalue weighted by Gasteiger charge is 1.97. The Bertz CT molecular complexity index is 309. The third kappa shape index (κ3) is 2.16. The number of hydrogen-bond acceptors (Lipinski definition) is 3. The second kappa shape index (κ2) is 3.30. The van der Waals surface area contributed by atoms with E-state index < -0.39 is 0 Å². The minimum Gasteiger partial charge on any atom is -0.247 e. The van der Waals surface area contributed by atoms with Crippen LogP contribution >= 0.6 is 15.9 Å². The van der Waals surface area contributed by atoms with Crippen molar-refractivity contribution in [1.82, 2.24) is 14.8 Å². The van der Waals surface area contributed by atoms with Crippen molar-refractivity contribution >= 4 is 15.9 Å². The maximum atomic E-state index is 8.36. The zero-order valence-corrected chi connectivity index (χ0v) is 7.24. The van der Waals surface area contributed by atoms with Crippen LogP contribution in [0.4, 0.5) is 0 Å². The fraction of sp³-hybridized carbons (Fsp3) is 0.167. The van der Waals surface area contributed by atoms with Gasteiger partial charge in [0, 0.05) is 4.48 Å². The van der Waals surface area contributed by atoms with Gasteiger partial charge in [-0.2, -0.15) is 5.26 Å². The van der Waals surface area contributed by atoms with E-state index in [0.717, 1.165) is 4.48 Å². The van der Waals surface area contributed by atoms with Crippen LogP contribution < -0.4 is 0 Å². The monoisotopic (exact) mass is 212 g/mol. The lowest BCUT2D eigenvalue weighted by molar-refractivity contribution is 0.694. The molecule has 0 atom stereocenters. The van der Waals surface area contributed by atoms with Crippen LogP contribution in [0, 0.1) is 11.3 Å². The molecule has 1 rings (SSSR count). The predicted octanol–water partition coefficient (Wildman–Crippen LogP) is 1.06. The predicted molar refractivity (Wildman–Crippen MR) is 42.8 cm³/mol. The van der Waals surface area contributed by atoms with Gasteiger partial charge in [0.25, 0.3) is 5.82 Å². The molecule has 0 aromatic carbocycles. The Morgan fingerprint density at radius 2 is 2.64 bits per heavy atom. The number of hydrogen-bond donors (Lipinski definition) is 0. The highest BCUT2D eigenvalue weighted by molar-refractivity contribution is 9.11. The summed E-state index contributed by atoms with van der Waals surface area (Å²) in [7, 11) is 0. The van der Waals surface area contributed by atoms with E-state index in [0.29, 0.717) is 6.54 Å². The molecule has 0 N–H and O–H groups in total.